The first-order valence-corrected chi connectivity index (χ1v) is 12.0. The van der Waals surface area contributed by atoms with E-state index < -0.39 is 52.1 Å². The van der Waals surface area contributed by atoms with Crippen LogP contribution in [0, 0.1) is 5.92 Å². The number of ether oxygens (including phenoxy) is 1. The van der Waals surface area contributed by atoms with Crippen LogP contribution in [0.1, 0.15) is 40.0 Å². The van der Waals surface area contributed by atoms with Crippen molar-refractivity contribution in [2.45, 2.75) is 56.6 Å². The first-order chi connectivity index (χ1) is 15.8. The van der Waals surface area contributed by atoms with Crippen molar-refractivity contribution in [1.29, 1.82) is 0 Å². The van der Waals surface area contributed by atoms with Gasteiger partial charge < -0.3 is 20.3 Å². The summed E-state index contributed by atoms with van der Waals surface area (Å²) in [5.74, 6) is -3.83. The minimum absolute atomic E-state index is 0.0199. The fraction of sp³-hybridized carbons (Fsp3) is 0.435. The van der Waals surface area contributed by atoms with Gasteiger partial charge in [-0.15, -0.1) is 0 Å². The standard InChI is InChI=1S/C23H29NO9S/c1-23(2,3)33-22(29)24-19(21(27)28)14-17(20(25)26)9-6-12-32-34(30,31)18-11-10-15-7-4-5-8-16(15)13-18/h4-5,7-8,10-11,13,17,19H,6,9,12,14H2,1-3H3,(H,24,29)(H,25,26)(H,27,28). The normalized spacial score (nSPS) is 13.7. The zero-order chi connectivity index (χ0) is 25.5. The Balaban J connectivity index is 1.94. The lowest BCUT2D eigenvalue weighted by Crippen LogP contribution is -2.45. The van der Waals surface area contributed by atoms with Crippen molar-refractivity contribution in [2.24, 2.45) is 5.92 Å². The van der Waals surface area contributed by atoms with Crippen LogP contribution in [0.25, 0.3) is 10.8 Å². The molecule has 0 heterocycles. The third kappa shape index (κ3) is 8.31. The molecule has 3 N–H and O–H groups in total. The van der Waals surface area contributed by atoms with Gasteiger partial charge in [-0.1, -0.05) is 30.3 Å². The van der Waals surface area contributed by atoms with Gasteiger partial charge in [0.2, 0.25) is 0 Å². The molecule has 0 aliphatic rings. The van der Waals surface area contributed by atoms with Crippen LogP contribution in [0.3, 0.4) is 0 Å². The van der Waals surface area contributed by atoms with Gasteiger partial charge in [0.15, 0.2) is 0 Å². The molecule has 11 heteroatoms. The van der Waals surface area contributed by atoms with Crippen LogP contribution in [-0.2, 0) is 28.6 Å². The van der Waals surface area contributed by atoms with Crippen molar-refractivity contribution < 1.29 is 41.9 Å². The fourth-order valence-electron chi connectivity index (χ4n) is 3.19. The van der Waals surface area contributed by atoms with Crippen LogP contribution >= 0.6 is 0 Å². The second kappa shape index (κ2) is 11.3. The summed E-state index contributed by atoms with van der Waals surface area (Å²) in [5.41, 5.74) is -0.854. The Morgan fingerprint density at radius 2 is 1.65 bits per heavy atom. The van der Waals surface area contributed by atoms with Crippen LogP contribution in [0.4, 0.5) is 4.79 Å². The van der Waals surface area contributed by atoms with Crippen molar-refractivity contribution in [2.75, 3.05) is 6.61 Å². The molecule has 0 saturated heterocycles. The molecule has 10 nitrogen and oxygen atoms in total. The Hall–Kier alpha value is -3.18. The summed E-state index contributed by atoms with van der Waals surface area (Å²) in [6.45, 7) is 4.54. The minimum atomic E-state index is -4.05. The maximum atomic E-state index is 12.5. The van der Waals surface area contributed by atoms with Crippen molar-refractivity contribution in [1.82, 2.24) is 5.32 Å². The Morgan fingerprint density at radius 1 is 1.00 bits per heavy atom. The van der Waals surface area contributed by atoms with Crippen molar-refractivity contribution in [3.63, 3.8) is 0 Å². The number of amides is 1. The molecule has 2 aromatic rings. The van der Waals surface area contributed by atoms with Crippen LogP contribution < -0.4 is 5.32 Å². The number of hydrogen-bond donors (Lipinski definition) is 3. The second-order valence-corrected chi connectivity index (χ2v) is 10.4. The summed E-state index contributed by atoms with van der Waals surface area (Å²) in [6.07, 6.45) is -1.39. The monoisotopic (exact) mass is 495 g/mol. The highest BCUT2D eigenvalue weighted by atomic mass is 32.2. The van der Waals surface area contributed by atoms with Crippen molar-refractivity contribution in [3.8, 4) is 0 Å². The molecule has 2 rings (SSSR count). The van der Waals surface area contributed by atoms with E-state index in [4.69, 9.17) is 8.92 Å². The number of carboxylic acids is 2. The summed E-state index contributed by atoms with van der Waals surface area (Å²) in [4.78, 5) is 35.0. The lowest BCUT2D eigenvalue weighted by molar-refractivity contribution is -0.144. The van der Waals surface area contributed by atoms with E-state index in [1.165, 1.54) is 12.1 Å². The molecule has 2 aromatic carbocycles. The third-order valence-corrected chi connectivity index (χ3v) is 6.11. The molecule has 34 heavy (non-hydrogen) atoms. The minimum Gasteiger partial charge on any atom is -0.481 e. The molecule has 0 fully saturated rings. The smallest absolute Gasteiger partial charge is 0.408 e. The van der Waals surface area contributed by atoms with Crippen LogP contribution in [0.2, 0.25) is 0 Å². The maximum Gasteiger partial charge on any atom is 0.408 e. The van der Waals surface area contributed by atoms with Gasteiger partial charge in [0, 0.05) is 0 Å². The van der Waals surface area contributed by atoms with E-state index in [9.17, 15) is 33.0 Å². The molecular formula is C23H29NO9S. The molecule has 2 atom stereocenters. The zero-order valence-corrected chi connectivity index (χ0v) is 20.0. The highest BCUT2D eigenvalue weighted by Gasteiger charge is 2.30. The summed E-state index contributed by atoms with van der Waals surface area (Å²) < 4.78 is 35.0. The Kier molecular flexibility index (Phi) is 9.00. The highest BCUT2D eigenvalue weighted by molar-refractivity contribution is 7.86. The number of aliphatic carboxylic acids is 2. The largest absolute Gasteiger partial charge is 0.481 e. The van der Waals surface area contributed by atoms with Gasteiger partial charge in [0.1, 0.15) is 11.6 Å². The fourth-order valence-corrected chi connectivity index (χ4v) is 4.17. The molecule has 0 aliphatic heterocycles. The predicted molar refractivity (Wildman–Crippen MR) is 123 cm³/mol. The van der Waals surface area contributed by atoms with E-state index in [1.807, 2.05) is 12.1 Å². The summed E-state index contributed by atoms with van der Waals surface area (Å²) in [5, 5.41) is 22.6. The summed E-state index contributed by atoms with van der Waals surface area (Å²) in [7, 11) is -4.05. The number of fused-ring (bicyclic) bond motifs is 1. The molecular weight excluding hydrogens is 466 g/mol. The average Bonchev–Trinajstić information content (AvgIpc) is 2.73. The Bertz CT molecular complexity index is 1140. The first-order valence-electron chi connectivity index (χ1n) is 10.6. The number of nitrogens with one attached hydrogen (secondary N) is 1. The SMILES string of the molecule is CC(C)(C)OC(=O)NC(CC(CCCOS(=O)(=O)c1ccc2ccccc2c1)C(=O)O)C(=O)O. The predicted octanol–water partition coefficient (Wildman–Crippen LogP) is 3.39. The summed E-state index contributed by atoms with van der Waals surface area (Å²) in [6, 6.07) is 10.3. The van der Waals surface area contributed by atoms with E-state index in [1.54, 1.807) is 39.0 Å². The number of alkyl carbamates (subject to hydrolysis) is 1. The molecule has 186 valence electrons. The molecule has 0 aromatic heterocycles. The second-order valence-electron chi connectivity index (χ2n) is 8.74. The molecule has 1 amide bonds. The number of carbonyl (C=O) groups excluding carboxylic acids is 1. The van der Waals surface area contributed by atoms with Crippen molar-refractivity contribution in [3.05, 3.63) is 42.5 Å². The van der Waals surface area contributed by atoms with Gasteiger partial charge in [0.25, 0.3) is 10.1 Å². The van der Waals surface area contributed by atoms with Gasteiger partial charge in [-0.3, -0.25) is 8.98 Å². The van der Waals surface area contributed by atoms with Gasteiger partial charge >= 0.3 is 18.0 Å². The molecule has 0 radical (unpaired) electrons. The quantitative estimate of drug-likeness (QED) is 0.314. The lowest BCUT2D eigenvalue weighted by Gasteiger charge is -2.23. The number of hydrogen-bond acceptors (Lipinski definition) is 7. The van der Waals surface area contributed by atoms with Crippen LogP contribution in [-0.4, -0.2) is 54.9 Å². The Labute approximate surface area is 198 Å². The number of carbonyl (C=O) groups is 3. The van der Waals surface area contributed by atoms with Crippen LogP contribution in [0.15, 0.2) is 47.4 Å². The van der Waals surface area contributed by atoms with Crippen LogP contribution in [0.5, 0.6) is 0 Å². The van der Waals surface area contributed by atoms with E-state index >= 15 is 0 Å². The summed E-state index contributed by atoms with van der Waals surface area (Å²) >= 11 is 0. The highest BCUT2D eigenvalue weighted by Crippen LogP contribution is 2.21. The van der Waals surface area contributed by atoms with Crippen molar-refractivity contribution >= 4 is 38.9 Å². The van der Waals surface area contributed by atoms with E-state index in [-0.39, 0.29) is 24.3 Å². The molecule has 0 spiro atoms. The lowest BCUT2D eigenvalue weighted by atomic mass is 9.95. The van der Waals surface area contributed by atoms with Gasteiger partial charge in [-0.25, -0.2) is 9.59 Å². The molecule has 0 saturated carbocycles. The number of benzene rings is 2. The molecule has 0 aliphatic carbocycles. The third-order valence-electron chi connectivity index (χ3n) is 4.80. The first kappa shape index (κ1) is 27.1. The maximum absolute atomic E-state index is 12.5. The number of rotatable bonds is 11. The Morgan fingerprint density at radius 3 is 2.24 bits per heavy atom. The molecule has 0 bridgehead atoms. The van der Waals surface area contributed by atoms with Gasteiger partial charge in [-0.05, 0) is 62.9 Å². The van der Waals surface area contributed by atoms with E-state index in [0.717, 1.165) is 10.8 Å². The topological polar surface area (TPSA) is 156 Å². The number of carboxylic acid groups (broad SMARTS) is 2. The van der Waals surface area contributed by atoms with E-state index in [0.29, 0.717) is 0 Å². The van der Waals surface area contributed by atoms with Gasteiger partial charge in [-0.2, -0.15) is 8.42 Å². The zero-order valence-electron chi connectivity index (χ0n) is 19.2. The molecule has 2 unspecified atom stereocenters. The van der Waals surface area contributed by atoms with E-state index in [2.05, 4.69) is 5.32 Å². The van der Waals surface area contributed by atoms with Gasteiger partial charge in [0.05, 0.1) is 17.4 Å². The average molecular weight is 496 g/mol.